The van der Waals surface area contributed by atoms with E-state index in [0.717, 1.165) is 23.6 Å². The highest BCUT2D eigenvalue weighted by Gasteiger charge is 2.12. The van der Waals surface area contributed by atoms with Gasteiger partial charge in [-0.25, -0.2) is 4.79 Å². The number of nitrogens with one attached hydrogen (secondary N) is 1. The molecule has 0 saturated heterocycles. The van der Waals surface area contributed by atoms with Crippen molar-refractivity contribution in [1.82, 2.24) is 0 Å². The minimum Gasteiger partial charge on any atom is -0.465 e. The third kappa shape index (κ3) is 2.37. The molecule has 1 N–H and O–H groups in total. The summed E-state index contributed by atoms with van der Waals surface area (Å²) in [6, 6.07) is 9.03. The third-order valence-electron chi connectivity index (χ3n) is 2.59. The predicted octanol–water partition coefficient (Wildman–Crippen LogP) is 3.17. The SMILES string of the molecule is CCNc1ccc(C(=O)OC)cc1-c1ccco1. The van der Waals surface area contributed by atoms with Gasteiger partial charge in [0.2, 0.25) is 0 Å². The first-order chi connectivity index (χ1) is 8.76. The molecule has 0 aliphatic rings. The minimum atomic E-state index is -0.356. The number of carbonyl (C=O) groups is 1. The molecule has 0 bridgehead atoms. The molecule has 1 aromatic heterocycles. The van der Waals surface area contributed by atoms with Crippen LogP contribution in [0.5, 0.6) is 0 Å². The van der Waals surface area contributed by atoms with Crippen molar-refractivity contribution in [2.75, 3.05) is 19.0 Å². The number of carbonyl (C=O) groups excluding carboxylic acids is 1. The molecule has 1 aromatic carbocycles. The molecule has 1 heterocycles. The third-order valence-corrected chi connectivity index (χ3v) is 2.59. The second kappa shape index (κ2) is 5.40. The molecule has 0 spiro atoms. The highest BCUT2D eigenvalue weighted by Crippen LogP contribution is 2.29. The van der Waals surface area contributed by atoms with Crippen molar-refractivity contribution in [3.63, 3.8) is 0 Å². The summed E-state index contributed by atoms with van der Waals surface area (Å²) in [5, 5.41) is 3.24. The fourth-order valence-electron chi connectivity index (χ4n) is 1.77. The molecule has 0 aliphatic carbocycles. The van der Waals surface area contributed by atoms with E-state index in [0.29, 0.717) is 5.56 Å². The fourth-order valence-corrected chi connectivity index (χ4v) is 1.77. The van der Waals surface area contributed by atoms with Crippen LogP contribution < -0.4 is 5.32 Å². The van der Waals surface area contributed by atoms with Gasteiger partial charge in [0, 0.05) is 17.8 Å². The summed E-state index contributed by atoms with van der Waals surface area (Å²) in [5.41, 5.74) is 2.29. The molecule has 4 nitrogen and oxygen atoms in total. The van der Waals surface area contributed by atoms with Crippen LogP contribution in [0.4, 0.5) is 5.69 Å². The molecule has 0 unspecified atom stereocenters. The van der Waals surface area contributed by atoms with E-state index >= 15 is 0 Å². The number of benzene rings is 1. The summed E-state index contributed by atoms with van der Waals surface area (Å²) in [6.45, 7) is 2.81. The standard InChI is InChI=1S/C14H15NO3/c1-3-15-12-7-6-10(14(16)17-2)9-11(12)13-5-4-8-18-13/h4-9,15H,3H2,1-2H3. The summed E-state index contributed by atoms with van der Waals surface area (Å²) in [7, 11) is 1.37. The van der Waals surface area contributed by atoms with E-state index in [2.05, 4.69) is 5.32 Å². The van der Waals surface area contributed by atoms with Crippen molar-refractivity contribution < 1.29 is 13.9 Å². The van der Waals surface area contributed by atoms with Crippen molar-refractivity contribution in [2.45, 2.75) is 6.92 Å². The van der Waals surface area contributed by atoms with Crippen molar-refractivity contribution in [3.8, 4) is 11.3 Å². The first-order valence-electron chi connectivity index (χ1n) is 5.76. The van der Waals surface area contributed by atoms with Crippen LogP contribution in [0.25, 0.3) is 11.3 Å². The van der Waals surface area contributed by atoms with Gasteiger partial charge in [-0.3, -0.25) is 0 Å². The lowest BCUT2D eigenvalue weighted by molar-refractivity contribution is 0.0601. The van der Waals surface area contributed by atoms with E-state index in [1.54, 1.807) is 18.4 Å². The Morgan fingerprint density at radius 1 is 1.39 bits per heavy atom. The Kier molecular flexibility index (Phi) is 3.67. The lowest BCUT2D eigenvalue weighted by atomic mass is 10.1. The predicted molar refractivity (Wildman–Crippen MR) is 69.6 cm³/mol. The summed E-state index contributed by atoms with van der Waals surface area (Å²) in [5.74, 6) is 0.363. The maximum atomic E-state index is 11.5. The Balaban J connectivity index is 2.48. The summed E-state index contributed by atoms with van der Waals surface area (Å²) in [6.07, 6.45) is 1.61. The molecular weight excluding hydrogens is 230 g/mol. The smallest absolute Gasteiger partial charge is 0.337 e. The molecule has 4 heteroatoms. The van der Waals surface area contributed by atoms with Gasteiger partial charge in [0.25, 0.3) is 0 Å². The Morgan fingerprint density at radius 2 is 2.22 bits per heavy atom. The largest absolute Gasteiger partial charge is 0.465 e. The van der Waals surface area contributed by atoms with Crippen LogP contribution in [-0.4, -0.2) is 19.6 Å². The van der Waals surface area contributed by atoms with Crippen LogP contribution in [0.1, 0.15) is 17.3 Å². The Hall–Kier alpha value is -2.23. The van der Waals surface area contributed by atoms with Crippen molar-refractivity contribution >= 4 is 11.7 Å². The van der Waals surface area contributed by atoms with Gasteiger partial charge in [0.15, 0.2) is 0 Å². The maximum Gasteiger partial charge on any atom is 0.337 e. The number of anilines is 1. The zero-order valence-electron chi connectivity index (χ0n) is 10.4. The molecule has 18 heavy (non-hydrogen) atoms. The zero-order valence-corrected chi connectivity index (χ0v) is 10.4. The summed E-state index contributed by atoms with van der Waals surface area (Å²) < 4.78 is 10.1. The van der Waals surface area contributed by atoms with Gasteiger partial charge in [0.05, 0.1) is 18.9 Å². The minimum absolute atomic E-state index is 0.356. The maximum absolute atomic E-state index is 11.5. The number of methoxy groups -OCH3 is 1. The molecule has 0 atom stereocenters. The van der Waals surface area contributed by atoms with Crippen LogP contribution in [0.2, 0.25) is 0 Å². The average molecular weight is 245 g/mol. The quantitative estimate of drug-likeness (QED) is 0.840. The van der Waals surface area contributed by atoms with Crippen molar-refractivity contribution in [1.29, 1.82) is 0 Å². The van der Waals surface area contributed by atoms with E-state index in [1.807, 2.05) is 25.1 Å². The summed E-state index contributed by atoms with van der Waals surface area (Å²) in [4.78, 5) is 11.5. The van der Waals surface area contributed by atoms with Crippen molar-refractivity contribution in [3.05, 3.63) is 42.2 Å². The second-order valence-corrected chi connectivity index (χ2v) is 3.76. The van der Waals surface area contributed by atoms with Crippen LogP contribution in [0.15, 0.2) is 41.0 Å². The van der Waals surface area contributed by atoms with Crippen LogP contribution in [0, 0.1) is 0 Å². The Labute approximate surface area is 106 Å². The normalized spacial score (nSPS) is 10.1. The van der Waals surface area contributed by atoms with Gasteiger partial charge >= 0.3 is 5.97 Å². The number of rotatable bonds is 4. The number of furan rings is 1. The van der Waals surface area contributed by atoms with Gasteiger partial charge in [-0.05, 0) is 37.3 Å². The number of hydrogen-bond donors (Lipinski definition) is 1. The zero-order chi connectivity index (χ0) is 13.0. The molecule has 2 aromatic rings. The monoisotopic (exact) mass is 245 g/mol. The van der Waals surface area contributed by atoms with Crippen LogP contribution in [-0.2, 0) is 4.74 Å². The fraction of sp³-hybridized carbons (Fsp3) is 0.214. The Morgan fingerprint density at radius 3 is 2.83 bits per heavy atom. The van der Waals surface area contributed by atoms with Gasteiger partial charge in [-0.1, -0.05) is 0 Å². The van der Waals surface area contributed by atoms with Gasteiger partial charge in [0.1, 0.15) is 5.76 Å². The van der Waals surface area contributed by atoms with E-state index in [4.69, 9.17) is 9.15 Å². The first kappa shape index (κ1) is 12.2. The number of esters is 1. The van der Waals surface area contributed by atoms with Gasteiger partial charge in [-0.2, -0.15) is 0 Å². The molecular formula is C14H15NO3. The Bertz CT molecular complexity index is 532. The molecule has 0 amide bonds. The van der Waals surface area contributed by atoms with Crippen molar-refractivity contribution in [2.24, 2.45) is 0 Å². The molecule has 0 fully saturated rings. The molecule has 94 valence electrons. The van der Waals surface area contributed by atoms with Crippen LogP contribution in [0.3, 0.4) is 0 Å². The van der Waals surface area contributed by atoms with Crippen LogP contribution >= 0.6 is 0 Å². The highest BCUT2D eigenvalue weighted by molar-refractivity contribution is 5.92. The second-order valence-electron chi connectivity index (χ2n) is 3.76. The van der Waals surface area contributed by atoms with E-state index in [-0.39, 0.29) is 5.97 Å². The molecule has 2 rings (SSSR count). The molecule has 0 saturated carbocycles. The molecule has 0 aliphatic heterocycles. The first-order valence-corrected chi connectivity index (χ1v) is 5.76. The van der Waals surface area contributed by atoms with E-state index < -0.39 is 0 Å². The highest BCUT2D eigenvalue weighted by atomic mass is 16.5. The molecule has 0 radical (unpaired) electrons. The average Bonchev–Trinajstić information content (AvgIpc) is 2.92. The van der Waals surface area contributed by atoms with E-state index in [9.17, 15) is 4.79 Å². The summed E-state index contributed by atoms with van der Waals surface area (Å²) >= 11 is 0. The van der Waals surface area contributed by atoms with E-state index in [1.165, 1.54) is 7.11 Å². The lowest BCUT2D eigenvalue weighted by Gasteiger charge is -2.10. The van der Waals surface area contributed by atoms with Gasteiger partial charge in [-0.15, -0.1) is 0 Å². The lowest BCUT2D eigenvalue weighted by Crippen LogP contribution is -2.04. The number of ether oxygens (including phenoxy) is 1. The topological polar surface area (TPSA) is 51.5 Å². The number of hydrogen-bond acceptors (Lipinski definition) is 4. The van der Waals surface area contributed by atoms with Gasteiger partial charge < -0.3 is 14.5 Å².